The van der Waals surface area contributed by atoms with E-state index >= 15 is 0 Å². The summed E-state index contributed by atoms with van der Waals surface area (Å²) in [5.41, 5.74) is 4.79. The first-order chi connectivity index (χ1) is 12.6. The van der Waals surface area contributed by atoms with Gasteiger partial charge in [0.1, 0.15) is 11.3 Å². The van der Waals surface area contributed by atoms with E-state index < -0.39 is 17.8 Å². The van der Waals surface area contributed by atoms with Gasteiger partial charge in [-0.3, -0.25) is 9.48 Å². The Hall–Kier alpha value is -2.62. The molecule has 4 N–H and O–H groups in total. The number of hydrogen-bond acceptors (Lipinski definition) is 5. The summed E-state index contributed by atoms with van der Waals surface area (Å²) in [4.78, 5) is 15.1. The summed E-state index contributed by atoms with van der Waals surface area (Å²) in [6.45, 7) is 1.99. The van der Waals surface area contributed by atoms with Crippen LogP contribution in [0.3, 0.4) is 0 Å². The molecule has 27 heavy (non-hydrogen) atoms. The van der Waals surface area contributed by atoms with E-state index in [9.17, 15) is 23.1 Å². The largest absolute Gasteiger partial charge is 0.433 e. The Bertz CT molecular complexity index is 819. The summed E-state index contributed by atoms with van der Waals surface area (Å²) in [5, 5.41) is 16.9. The highest BCUT2D eigenvalue weighted by Gasteiger charge is 2.32. The van der Waals surface area contributed by atoms with Gasteiger partial charge >= 0.3 is 6.18 Å². The summed E-state index contributed by atoms with van der Waals surface area (Å²) in [7, 11) is 0. The van der Waals surface area contributed by atoms with Crippen LogP contribution in [0.15, 0.2) is 24.5 Å². The van der Waals surface area contributed by atoms with Crippen molar-refractivity contribution < 1.29 is 23.1 Å². The lowest BCUT2D eigenvalue weighted by atomic mass is 9.84. The van der Waals surface area contributed by atoms with Crippen LogP contribution in [0.5, 0.6) is 0 Å². The maximum absolute atomic E-state index is 12.6. The van der Waals surface area contributed by atoms with Crippen molar-refractivity contribution >= 4 is 17.4 Å². The molecule has 10 heteroatoms. The Morgan fingerprint density at radius 3 is 2.67 bits per heavy atom. The average Bonchev–Trinajstić information content (AvgIpc) is 2.98. The molecule has 7 nitrogen and oxygen atoms in total. The quantitative estimate of drug-likeness (QED) is 0.753. The van der Waals surface area contributed by atoms with E-state index in [0.29, 0.717) is 19.3 Å². The molecule has 1 aliphatic rings. The number of carbonyl (C=O) groups excluding carboxylic acids is 1. The predicted octanol–water partition coefficient (Wildman–Crippen LogP) is 2.86. The minimum absolute atomic E-state index is 0.00668. The van der Waals surface area contributed by atoms with Gasteiger partial charge in [0.25, 0.3) is 5.91 Å². The number of amides is 1. The monoisotopic (exact) mass is 383 g/mol. The van der Waals surface area contributed by atoms with Crippen LogP contribution in [0.25, 0.3) is 0 Å². The van der Waals surface area contributed by atoms with Crippen LogP contribution in [0.2, 0.25) is 0 Å². The lowest BCUT2D eigenvalue weighted by Gasteiger charge is -2.31. The van der Waals surface area contributed by atoms with Crippen LogP contribution < -0.4 is 11.1 Å². The van der Waals surface area contributed by atoms with E-state index in [0.717, 1.165) is 12.3 Å². The number of pyridine rings is 1. The number of halogens is 3. The third-order valence-electron chi connectivity index (χ3n) is 4.75. The first kappa shape index (κ1) is 19.2. The van der Waals surface area contributed by atoms with Gasteiger partial charge < -0.3 is 16.2 Å². The third kappa shape index (κ3) is 4.21. The van der Waals surface area contributed by atoms with E-state index in [1.807, 2.05) is 6.92 Å². The highest BCUT2D eigenvalue weighted by atomic mass is 19.4. The molecular formula is C17H20F3N5O2. The standard InChI is InChI=1S/C17H20F3N5O2/c1-9-6-11(26)3-4-13(9)25-8-12(15(21)27)16(24-25)23-10-2-5-14(22-7-10)17(18,19)20/h2,5,7-9,11,13,26H,3-4,6H2,1H3,(H2,21,27)(H,23,24). The zero-order chi connectivity index (χ0) is 19.8. The van der Waals surface area contributed by atoms with E-state index in [4.69, 9.17) is 5.73 Å². The van der Waals surface area contributed by atoms with Gasteiger partial charge in [-0.2, -0.15) is 18.3 Å². The van der Waals surface area contributed by atoms with Crippen molar-refractivity contribution in [3.05, 3.63) is 35.8 Å². The normalized spacial score (nSPS) is 23.2. The number of primary amides is 1. The second-order valence-electron chi connectivity index (χ2n) is 6.80. The van der Waals surface area contributed by atoms with Gasteiger partial charge in [-0.1, -0.05) is 6.92 Å². The number of rotatable bonds is 4. The number of nitrogens with one attached hydrogen (secondary N) is 1. The topological polar surface area (TPSA) is 106 Å². The van der Waals surface area contributed by atoms with Crippen molar-refractivity contribution in [3.63, 3.8) is 0 Å². The van der Waals surface area contributed by atoms with Crippen molar-refractivity contribution in [1.82, 2.24) is 14.8 Å². The van der Waals surface area contributed by atoms with E-state index in [2.05, 4.69) is 15.4 Å². The molecule has 1 aliphatic carbocycles. The number of aromatic nitrogens is 3. The van der Waals surface area contributed by atoms with Gasteiger partial charge in [0, 0.05) is 6.20 Å². The Morgan fingerprint density at radius 2 is 2.11 bits per heavy atom. The fourth-order valence-corrected chi connectivity index (χ4v) is 3.35. The lowest BCUT2D eigenvalue weighted by Crippen LogP contribution is -2.28. The first-order valence-corrected chi connectivity index (χ1v) is 8.52. The molecule has 2 aromatic rings. The van der Waals surface area contributed by atoms with Crippen molar-refractivity contribution in [1.29, 1.82) is 0 Å². The number of nitrogens with zero attached hydrogens (tertiary/aromatic N) is 3. The first-order valence-electron chi connectivity index (χ1n) is 8.52. The molecule has 0 bridgehead atoms. The number of carbonyl (C=O) groups is 1. The summed E-state index contributed by atoms with van der Waals surface area (Å²) in [6, 6.07) is 2.04. The van der Waals surface area contributed by atoms with Gasteiger partial charge in [0.05, 0.1) is 24.0 Å². The van der Waals surface area contributed by atoms with Gasteiger partial charge in [-0.25, -0.2) is 4.98 Å². The highest BCUT2D eigenvalue weighted by molar-refractivity contribution is 5.98. The molecule has 0 radical (unpaired) electrons. The second kappa shape index (κ2) is 7.18. The Morgan fingerprint density at radius 1 is 1.37 bits per heavy atom. The van der Waals surface area contributed by atoms with Gasteiger partial charge in [-0.05, 0) is 37.3 Å². The van der Waals surface area contributed by atoms with Crippen LogP contribution in [0.4, 0.5) is 24.7 Å². The molecular weight excluding hydrogens is 363 g/mol. The minimum atomic E-state index is -4.53. The summed E-state index contributed by atoms with van der Waals surface area (Å²) in [6.07, 6.45) is -0.371. The SMILES string of the molecule is CC1CC(O)CCC1n1cc(C(N)=O)c(Nc2ccc(C(F)(F)F)nc2)n1. The maximum Gasteiger partial charge on any atom is 0.433 e. The molecule has 3 atom stereocenters. The fourth-order valence-electron chi connectivity index (χ4n) is 3.35. The van der Waals surface area contributed by atoms with Gasteiger partial charge in [0.15, 0.2) is 5.82 Å². The third-order valence-corrected chi connectivity index (χ3v) is 4.75. The molecule has 1 saturated carbocycles. The zero-order valence-electron chi connectivity index (χ0n) is 14.6. The molecule has 1 amide bonds. The lowest BCUT2D eigenvalue weighted by molar-refractivity contribution is -0.141. The van der Waals surface area contributed by atoms with Crippen LogP contribution >= 0.6 is 0 Å². The number of alkyl halides is 3. The Kier molecular flexibility index (Phi) is 5.09. The number of aliphatic hydroxyl groups is 1. The van der Waals surface area contributed by atoms with Crippen molar-refractivity contribution in [3.8, 4) is 0 Å². The van der Waals surface area contributed by atoms with Gasteiger partial charge in [0.2, 0.25) is 0 Å². The fraction of sp³-hybridized carbons (Fsp3) is 0.471. The molecule has 0 aromatic carbocycles. The minimum Gasteiger partial charge on any atom is -0.393 e. The average molecular weight is 383 g/mol. The number of nitrogens with two attached hydrogens (primary N) is 1. The molecule has 146 valence electrons. The van der Waals surface area contributed by atoms with E-state index in [-0.39, 0.29) is 35.1 Å². The predicted molar refractivity (Wildman–Crippen MR) is 91.3 cm³/mol. The molecule has 2 aromatic heterocycles. The van der Waals surface area contributed by atoms with Crippen LogP contribution in [0.1, 0.15) is 48.3 Å². The molecule has 3 rings (SSSR count). The summed E-state index contributed by atoms with van der Waals surface area (Å²) >= 11 is 0. The zero-order valence-corrected chi connectivity index (χ0v) is 14.6. The van der Waals surface area contributed by atoms with E-state index in [1.54, 1.807) is 4.68 Å². The second-order valence-corrected chi connectivity index (χ2v) is 6.80. The van der Waals surface area contributed by atoms with E-state index in [1.165, 1.54) is 12.3 Å². The molecule has 0 saturated heterocycles. The molecule has 0 spiro atoms. The molecule has 0 aliphatic heterocycles. The summed E-state index contributed by atoms with van der Waals surface area (Å²) < 4.78 is 39.5. The summed E-state index contributed by atoms with van der Waals surface area (Å²) in [5.74, 6) is -0.399. The van der Waals surface area contributed by atoms with Crippen LogP contribution in [-0.2, 0) is 6.18 Å². The number of hydrogen-bond donors (Lipinski definition) is 3. The van der Waals surface area contributed by atoms with Crippen molar-refractivity contribution in [2.75, 3.05) is 5.32 Å². The smallest absolute Gasteiger partial charge is 0.393 e. The van der Waals surface area contributed by atoms with Crippen molar-refractivity contribution in [2.24, 2.45) is 11.7 Å². The molecule has 3 unspecified atom stereocenters. The van der Waals surface area contributed by atoms with Crippen LogP contribution in [-0.4, -0.2) is 31.9 Å². The molecule has 1 fully saturated rings. The van der Waals surface area contributed by atoms with Gasteiger partial charge in [-0.15, -0.1) is 0 Å². The van der Waals surface area contributed by atoms with Crippen LogP contribution in [0, 0.1) is 5.92 Å². The maximum atomic E-state index is 12.6. The highest BCUT2D eigenvalue weighted by Crippen LogP contribution is 2.35. The Labute approximate surface area is 153 Å². The molecule has 2 heterocycles. The number of aliphatic hydroxyl groups excluding tert-OH is 1. The van der Waals surface area contributed by atoms with Crippen molar-refractivity contribution in [2.45, 2.75) is 44.5 Å². The Balaban J connectivity index is 1.85. The number of anilines is 2.